The zero-order valence-corrected chi connectivity index (χ0v) is 22.8. The third-order valence-corrected chi connectivity index (χ3v) is 6.49. The molecule has 0 aliphatic carbocycles. The molecule has 0 aliphatic heterocycles. The molecule has 0 saturated carbocycles. The SMILES string of the molecule is CCCCCCCCCCCCCCCCOC(=O)CCCCC(=O)Oc1ccccc1CCC. The Labute approximate surface area is 215 Å². The van der Waals surface area contributed by atoms with Gasteiger partial charge in [-0.1, -0.05) is 122 Å². The summed E-state index contributed by atoms with van der Waals surface area (Å²) in [6, 6.07) is 7.69. The lowest BCUT2D eigenvalue weighted by Gasteiger charge is -2.09. The Morgan fingerprint density at radius 1 is 0.600 bits per heavy atom. The number of aryl methyl sites for hydroxylation is 1. The van der Waals surface area contributed by atoms with Crippen LogP contribution in [0.2, 0.25) is 0 Å². The van der Waals surface area contributed by atoms with Crippen molar-refractivity contribution in [3.8, 4) is 5.75 Å². The summed E-state index contributed by atoms with van der Waals surface area (Å²) < 4.78 is 10.8. The van der Waals surface area contributed by atoms with E-state index in [0.29, 0.717) is 38.0 Å². The number of hydrogen-bond acceptors (Lipinski definition) is 4. The Balaban J connectivity index is 1.89. The smallest absolute Gasteiger partial charge is 0.311 e. The van der Waals surface area contributed by atoms with Gasteiger partial charge in [0.25, 0.3) is 0 Å². The van der Waals surface area contributed by atoms with Crippen LogP contribution in [-0.2, 0) is 20.7 Å². The molecule has 1 aromatic rings. The van der Waals surface area contributed by atoms with Crippen molar-refractivity contribution in [3.63, 3.8) is 0 Å². The molecule has 1 rings (SSSR count). The summed E-state index contributed by atoms with van der Waals surface area (Å²) in [6.45, 7) is 4.90. The number of para-hydroxylation sites is 1. The van der Waals surface area contributed by atoms with Crippen molar-refractivity contribution in [2.45, 2.75) is 142 Å². The van der Waals surface area contributed by atoms with E-state index in [4.69, 9.17) is 9.47 Å². The van der Waals surface area contributed by atoms with Crippen LogP contribution in [0.4, 0.5) is 0 Å². The maximum Gasteiger partial charge on any atom is 0.311 e. The van der Waals surface area contributed by atoms with Crippen molar-refractivity contribution in [1.29, 1.82) is 0 Å². The second kappa shape index (κ2) is 22.6. The molecule has 200 valence electrons. The van der Waals surface area contributed by atoms with E-state index in [1.54, 1.807) is 0 Å². The minimum Gasteiger partial charge on any atom is -0.466 e. The van der Waals surface area contributed by atoms with Gasteiger partial charge in [-0.25, -0.2) is 0 Å². The van der Waals surface area contributed by atoms with Gasteiger partial charge < -0.3 is 9.47 Å². The van der Waals surface area contributed by atoms with Gasteiger partial charge in [0.2, 0.25) is 0 Å². The molecule has 0 radical (unpaired) electrons. The number of rotatable bonds is 23. The lowest BCUT2D eigenvalue weighted by molar-refractivity contribution is -0.144. The van der Waals surface area contributed by atoms with Crippen molar-refractivity contribution < 1.29 is 19.1 Å². The Bertz CT molecular complexity index is 655. The molecule has 4 heteroatoms. The highest BCUT2D eigenvalue weighted by Gasteiger charge is 2.09. The summed E-state index contributed by atoms with van der Waals surface area (Å²) in [7, 11) is 0. The predicted octanol–water partition coefficient (Wildman–Crippen LogP) is 9.13. The fourth-order valence-corrected chi connectivity index (χ4v) is 4.35. The first-order valence-electron chi connectivity index (χ1n) is 14.6. The lowest BCUT2D eigenvalue weighted by Crippen LogP contribution is -2.10. The molecule has 0 saturated heterocycles. The molecule has 0 amide bonds. The van der Waals surface area contributed by atoms with E-state index >= 15 is 0 Å². The molecule has 0 unspecified atom stereocenters. The minimum atomic E-state index is -0.232. The van der Waals surface area contributed by atoms with Crippen LogP contribution in [0.3, 0.4) is 0 Å². The monoisotopic (exact) mass is 488 g/mol. The first-order valence-corrected chi connectivity index (χ1v) is 14.6. The van der Waals surface area contributed by atoms with Gasteiger partial charge in [-0.05, 0) is 37.3 Å². The van der Waals surface area contributed by atoms with Gasteiger partial charge in [-0.3, -0.25) is 9.59 Å². The van der Waals surface area contributed by atoms with Gasteiger partial charge >= 0.3 is 11.9 Å². The molecule has 35 heavy (non-hydrogen) atoms. The van der Waals surface area contributed by atoms with Gasteiger partial charge in [0.15, 0.2) is 0 Å². The second-order valence-electron chi connectivity index (χ2n) is 9.86. The van der Waals surface area contributed by atoms with Crippen LogP contribution in [0.5, 0.6) is 5.75 Å². The highest BCUT2D eigenvalue weighted by Crippen LogP contribution is 2.20. The summed E-state index contributed by atoms with van der Waals surface area (Å²) in [4.78, 5) is 24.0. The van der Waals surface area contributed by atoms with Gasteiger partial charge in [0, 0.05) is 12.8 Å². The van der Waals surface area contributed by atoms with Crippen molar-refractivity contribution in [2.24, 2.45) is 0 Å². The molecule has 0 atom stereocenters. The maximum absolute atomic E-state index is 12.1. The molecule has 0 N–H and O–H groups in total. The van der Waals surface area contributed by atoms with Crippen LogP contribution < -0.4 is 4.74 Å². The largest absolute Gasteiger partial charge is 0.466 e. The van der Waals surface area contributed by atoms with Gasteiger partial charge in [-0.2, -0.15) is 0 Å². The van der Waals surface area contributed by atoms with Crippen LogP contribution in [0.15, 0.2) is 24.3 Å². The van der Waals surface area contributed by atoms with E-state index in [-0.39, 0.29) is 11.9 Å². The number of carbonyl (C=O) groups is 2. The molecule has 0 bridgehead atoms. The molecular formula is C31H52O4. The van der Waals surface area contributed by atoms with E-state index in [9.17, 15) is 9.59 Å². The van der Waals surface area contributed by atoms with E-state index in [1.807, 2.05) is 24.3 Å². The summed E-state index contributed by atoms with van der Waals surface area (Å²) in [5.74, 6) is 0.276. The van der Waals surface area contributed by atoms with E-state index in [0.717, 1.165) is 31.2 Å². The molecule has 0 spiro atoms. The van der Waals surface area contributed by atoms with Crippen LogP contribution in [0.25, 0.3) is 0 Å². The van der Waals surface area contributed by atoms with Crippen molar-refractivity contribution >= 4 is 11.9 Å². The third-order valence-electron chi connectivity index (χ3n) is 6.49. The van der Waals surface area contributed by atoms with Gasteiger partial charge in [0.05, 0.1) is 6.61 Å². The summed E-state index contributed by atoms with van der Waals surface area (Å²) in [5, 5.41) is 0. The van der Waals surface area contributed by atoms with Crippen LogP contribution >= 0.6 is 0 Å². The molecule has 0 fully saturated rings. The number of ether oxygens (including phenoxy) is 2. The van der Waals surface area contributed by atoms with Gasteiger partial charge in [0.1, 0.15) is 5.75 Å². The quantitative estimate of drug-likeness (QED) is 0.0875. The zero-order valence-electron chi connectivity index (χ0n) is 22.8. The van der Waals surface area contributed by atoms with Crippen molar-refractivity contribution in [2.75, 3.05) is 6.61 Å². The van der Waals surface area contributed by atoms with Crippen LogP contribution in [0.1, 0.15) is 141 Å². The number of benzene rings is 1. The lowest BCUT2D eigenvalue weighted by atomic mass is 10.0. The standard InChI is InChI=1S/C31H52O4/c1-3-5-6-7-8-9-10-11-12-13-14-15-16-21-27-34-30(32)25-19-20-26-31(33)35-29-24-18-17-23-28(29)22-4-2/h17-18,23-24H,3-16,19-22,25-27H2,1-2H3. The number of carbonyl (C=O) groups excluding carboxylic acids is 2. The Morgan fingerprint density at radius 3 is 1.69 bits per heavy atom. The number of esters is 2. The summed E-state index contributed by atoms with van der Waals surface area (Å²) >= 11 is 0. The predicted molar refractivity (Wildman–Crippen MR) is 146 cm³/mol. The molecule has 4 nitrogen and oxygen atoms in total. The van der Waals surface area contributed by atoms with E-state index in [1.165, 1.54) is 77.0 Å². The van der Waals surface area contributed by atoms with Gasteiger partial charge in [-0.15, -0.1) is 0 Å². The fraction of sp³-hybridized carbons (Fsp3) is 0.742. The second-order valence-corrected chi connectivity index (χ2v) is 9.86. The normalized spacial score (nSPS) is 10.9. The highest BCUT2D eigenvalue weighted by atomic mass is 16.5. The third kappa shape index (κ3) is 18.1. The highest BCUT2D eigenvalue weighted by molar-refractivity contribution is 5.73. The summed E-state index contributed by atoms with van der Waals surface area (Å²) in [6.07, 6.45) is 22.4. The molecule has 0 aromatic heterocycles. The number of unbranched alkanes of at least 4 members (excludes halogenated alkanes) is 14. The number of hydrogen-bond donors (Lipinski definition) is 0. The Kier molecular flexibility index (Phi) is 20.2. The first-order chi connectivity index (χ1) is 17.2. The minimum absolute atomic E-state index is 0.152. The maximum atomic E-state index is 12.1. The molecule has 0 heterocycles. The summed E-state index contributed by atoms with van der Waals surface area (Å²) in [5.41, 5.74) is 1.07. The topological polar surface area (TPSA) is 52.6 Å². The Morgan fingerprint density at radius 2 is 1.11 bits per heavy atom. The van der Waals surface area contributed by atoms with Crippen LogP contribution in [0, 0.1) is 0 Å². The average Bonchev–Trinajstić information content (AvgIpc) is 2.85. The van der Waals surface area contributed by atoms with E-state index < -0.39 is 0 Å². The Hall–Kier alpha value is -1.84. The average molecular weight is 489 g/mol. The molecule has 1 aromatic carbocycles. The molecule has 0 aliphatic rings. The van der Waals surface area contributed by atoms with Crippen LogP contribution in [-0.4, -0.2) is 18.5 Å². The zero-order chi connectivity index (χ0) is 25.4. The molecular weight excluding hydrogens is 436 g/mol. The van der Waals surface area contributed by atoms with Crippen molar-refractivity contribution in [1.82, 2.24) is 0 Å². The fourth-order valence-electron chi connectivity index (χ4n) is 4.35. The van der Waals surface area contributed by atoms with E-state index in [2.05, 4.69) is 13.8 Å². The van der Waals surface area contributed by atoms with Crippen molar-refractivity contribution in [3.05, 3.63) is 29.8 Å². The first kappa shape index (κ1) is 31.2.